The molecule has 2 aromatic heterocycles. The van der Waals surface area contributed by atoms with Crippen molar-refractivity contribution in [1.82, 2.24) is 15.0 Å². The summed E-state index contributed by atoms with van der Waals surface area (Å²) in [7, 11) is 0. The number of H-pyrrole nitrogens is 2. The summed E-state index contributed by atoms with van der Waals surface area (Å²) in [6.45, 7) is 0. The van der Waals surface area contributed by atoms with Gasteiger partial charge in [-0.3, -0.25) is 14.8 Å². The summed E-state index contributed by atoms with van der Waals surface area (Å²) in [5.41, 5.74) is 0.113. The smallest absolute Gasteiger partial charge is 0.327 e. The molecule has 0 amide bonds. The Morgan fingerprint density at radius 3 is 2.30 bits per heavy atom. The van der Waals surface area contributed by atoms with Crippen molar-refractivity contribution in [3.63, 3.8) is 0 Å². The van der Waals surface area contributed by atoms with E-state index >= 15 is 0 Å². The molecule has 6 heteroatoms. The minimum Gasteiger partial charge on any atom is -0.340 e. The third-order valence-electron chi connectivity index (χ3n) is 3.63. The molecule has 3 N–H and O–H groups in total. The van der Waals surface area contributed by atoms with Crippen LogP contribution in [0.25, 0.3) is 21.8 Å². The highest BCUT2D eigenvalue weighted by atomic mass is 16.2. The van der Waals surface area contributed by atoms with Gasteiger partial charge in [-0.2, -0.15) is 0 Å². The van der Waals surface area contributed by atoms with E-state index in [0.29, 0.717) is 11.2 Å². The van der Waals surface area contributed by atoms with E-state index in [1.165, 1.54) is 0 Å². The van der Waals surface area contributed by atoms with Crippen LogP contribution in [-0.2, 0) is 0 Å². The number of anilines is 2. The molecule has 112 valence electrons. The lowest BCUT2D eigenvalue weighted by atomic mass is 10.1. The molecule has 2 aromatic carbocycles. The number of para-hydroxylation sites is 1. The molecule has 0 saturated heterocycles. The van der Waals surface area contributed by atoms with Crippen LogP contribution in [-0.4, -0.2) is 15.0 Å². The van der Waals surface area contributed by atoms with Crippen LogP contribution >= 0.6 is 0 Å². The van der Waals surface area contributed by atoms with Gasteiger partial charge in [0.1, 0.15) is 11.5 Å². The first-order valence-electron chi connectivity index (χ1n) is 7.09. The van der Waals surface area contributed by atoms with Gasteiger partial charge in [-0.1, -0.05) is 42.5 Å². The fraction of sp³-hybridized carbons (Fsp3) is 0. The highest BCUT2D eigenvalue weighted by Crippen LogP contribution is 2.28. The van der Waals surface area contributed by atoms with Crippen LogP contribution in [0.5, 0.6) is 0 Å². The van der Waals surface area contributed by atoms with Gasteiger partial charge in [-0.25, -0.2) is 9.78 Å². The lowest BCUT2D eigenvalue weighted by molar-refractivity contribution is 1.07. The molecule has 4 aromatic rings. The van der Waals surface area contributed by atoms with E-state index < -0.39 is 11.2 Å². The maximum atomic E-state index is 12.1. The summed E-state index contributed by atoms with van der Waals surface area (Å²) in [6.07, 6.45) is 0. The fourth-order valence-corrected chi connectivity index (χ4v) is 2.64. The van der Waals surface area contributed by atoms with Crippen molar-refractivity contribution in [2.24, 2.45) is 0 Å². The van der Waals surface area contributed by atoms with Gasteiger partial charge in [0.25, 0.3) is 5.56 Å². The molecule has 0 aliphatic heterocycles. The number of hydrogen-bond acceptors (Lipinski definition) is 4. The van der Waals surface area contributed by atoms with E-state index in [4.69, 9.17) is 0 Å². The zero-order chi connectivity index (χ0) is 15.8. The van der Waals surface area contributed by atoms with Crippen molar-refractivity contribution in [3.05, 3.63) is 75.4 Å². The molecule has 4 rings (SSSR count). The number of aromatic amines is 2. The summed E-state index contributed by atoms with van der Waals surface area (Å²) in [6, 6.07) is 17.0. The Morgan fingerprint density at radius 2 is 1.52 bits per heavy atom. The van der Waals surface area contributed by atoms with Crippen LogP contribution in [0.2, 0.25) is 0 Å². The van der Waals surface area contributed by atoms with Gasteiger partial charge in [-0.05, 0) is 12.1 Å². The number of nitrogens with one attached hydrogen (secondary N) is 3. The Morgan fingerprint density at radius 1 is 0.826 bits per heavy atom. The average Bonchev–Trinajstić information content (AvgIpc) is 2.55. The maximum Gasteiger partial charge on any atom is 0.327 e. The van der Waals surface area contributed by atoms with E-state index in [-0.39, 0.29) is 5.65 Å². The Balaban J connectivity index is 2.07. The number of pyridine rings is 1. The Hall–Kier alpha value is -3.41. The molecule has 0 unspecified atom stereocenters. The van der Waals surface area contributed by atoms with Crippen molar-refractivity contribution < 1.29 is 0 Å². The normalized spacial score (nSPS) is 11.0. The average molecular weight is 304 g/mol. The Labute approximate surface area is 129 Å². The molecule has 0 aliphatic carbocycles. The zero-order valence-electron chi connectivity index (χ0n) is 12.0. The summed E-state index contributed by atoms with van der Waals surface area (Å²) in [4.78, 5) is 33.0. The molecule has 0 aliphatic rings. The van der Waals surface area contributed by atoms with Crippen molar-refractivity contribution >= 4 is 33.3 Å². The predicted octanol–water partition coefficient (Wildman–Crippen LogP) is 2.51. The topological polar surface area (TPSA) is 90.6 Å². The van der Waals surface area contributed by atoms with E-state index in [9.17, 15) is 9.59 Å². The number of rotatable bonds is 2. The molecule has 0 fully saturated rings. The summed E-state index contributed by atoms with van der Waals surface area (Å²) in [5.74, 6) is 0.584. The molecule has 0 bridgehead atoms. The van der Waals surface area contributed by atoms with Crippen molar-refractivity contribution in [3.8, 4) is 0 Å². The molecule has 6 nitrogen and oxygen atoms in total. The molecular formula is C17H12N4O2. The minimum absolute atomic E-state index is 0.260. The summed E-state index contributed by atoms with van der Waals surface area (Å²) >= 11 is 0. The number of benzene rings is 2. The Bertz CT molecular complexity index is 1130. The second kappa shape index (κ2) is 5.10. The minimum atomic E-state index is -0.573. The van der Waals surface area contributed by atoms with Gasteiger partial charge in [0.2, 0.25) is 0 Å². The number of nitrogens with zero attached hydrogens (tertiary/aromatic N) is 1. The zero-order valence-corrected chi connectivity index (χ0v) is 12.0. The van der Waals surface area contributed by atoms with Crippen LogP contribution in [0.3, 0.4) is 0 Å². The number of fused-ring (bicyclic) bond motifs is 3. The third kappa shape index (κ3) is 2.26. The van der Waals surface area contributed by atoms with Crippen LogP contribution in [0, 0.1) is 0 Å². The lowest BCUT2D eigenvalue weighted by Gasteiger charge is -2.10. The van der Waals surface area contributed by atoms with E-state index in [1.54, 1.807) is 0 Å². The monoisotopic (exact) mass is 304 g/mol. The quantitative estimate of drug-likeness (QED) is 0.496. The second-order valence-electron chi connectivity index (χ2n) is 5.13. The van der Waals surface area contributed by atoms with Crippen molar-refractivity contribution in [2.75, 3.05) is 5.32 Å². The first-order valence-corrected chi connectivity index (χ1v) is 7.09. The summed E-state index contributed by atoms with van der Waals surface area (Å²) in [5, 5.41) is 5.14. The molecule has 2 heterocycles. The summed E-state index contributed by atoms with van der Waals surface area (Å²) < 4.78 is 0. The maximum absolute atomic E-state index is 12.1. The molecule has 0 radical (unpaired) electrons. The highest BCUT2D eigenvalue weighted by Gasteiger charge is 2.12. The predicted molar refractivity (Wildman–Crippen MR) is 90.2 cm³/mol. The van der Waals surface area contributed by atoms with Crippen LogP contribution in [0.1, 0.15) is 0 Å². The number of aromatic nitrogens is 3. The van der Waals surface area contributed by atoms with E-state index in [0.717, 1.165) is 16.5 Å². The molecular weight excluding hydrogens is 292 g/mol. The van der Waals surface area contributed by atoms with E-state index in [2.05, 4.69) is 20.3 Å². The third-order valence-corrected chi connectivity index (χ3v) is 3.63. The van der Waals surface area contributed by atoms with Gasteiger partial charge in [0.05, 0.1) is 5.39 Å². The SMILES string of the molecule is O=c1[nH]c(=O)c2c(nc(Nc3ccccc3)c3ccccc32)[nH]1. The van der Waals surface area contributed by atoms with E-state index in [1.807, 2.05) is 54.6 Å². The second-order valence-corrected chi connectivity index (χ2v) is 5.13. The van der Waals surface area contributed by atoms with Crippen molar-refractivity contribution in [1.29, 1.82) is 0 Å². The van der Waals surface area contributed by atoms with Gasteiger partial charge in [-0.15, -0.1) is 0 Å². The van der Waals surface area contributed by atoms with Gasteiger partial charge in [0.15, 0.2) is 0 Å². The first kappa shape index (κ1) is 13.3. The molecule has 0 atom stereocenters. The molecule has 23 heavy (non-hydrogen) atoms. The van der Waals surface area contributed by atoms with Gasteiger partial charge in [0, 0.05) is 16.5 Å². The number of hydrogen-bond donors (Lipinski definition) is 3. The van der Waals surface area contributed by atoms with Gasteiger partial charge >= 0.3 is 5.69 Å². The first-order chi connectivity index (χ1) is 11.2. The van der Waals surface area contributed by atoms with Crippen LogP contribution < -0.4 is 16.6 Å². The molecule has 0 spiro atoms. The lowest BCUT2D eigenvalue weighted by Crippen LogP contribution is -2.22. The van der Waals surface area contributed by atoms with Crippen LogP contribution in [0.15, 0.2) is 64.2 Å². The molecule has 0 saturated carbocycles. The van der Waals surface area contributed by atoms with Crippen LogP contribution in [0.4, 0.5) is 11.5 Å². The fourth-order valence-electron chi connectivity index (χ4n) is 2.64. The standard InChI is InChI=1S/C17H12N4O2/c22-16-13-11-8-4-5-9-12(11)14(18-10-6-2-1-3-7-10)19-15(13)20-17(23)21-16/h1-9H,(H3,18,19,20,21,22,23). The Kier molecular flexibility index (Phi) is 2.94. The largest absolute Gasteiger partial charge is 0.340 e. The van der Waals surface area contributed by atoms with Crippen molar-refractivity contribution in [2.45, 2.75) is 0 Å². The van der Waals surface area contributed by atoms with Gasteiger partial charge < -0.3 is 5.32 Å². The highest BCUT2D eigenvalue weighted by molar-refractivity contribution is 6.09.